The van der Waals surface area contributed by atoms with Gasteiger partial charge in [0, 0.05) is 18.8 Å². The quantitative estimate of drug-likeness (QED) is 0.873. The number of aromatic nitrogens is 2. The summed E-state index contributed by atoms with van der Waals surface area (Å²) < 4.78 is 2.22. The van der Waals surface area contributed by atoms with E-state index in [1.165, 1.54) is 10.8 Å². The van der Waals surface area contributed by atoms with Gasteiger partial charge in [-0.05, 0) is 30.9 Å². The molecule has 7 heteroatoms. The predicted molar refractivity (Wildman–Crippen MR) is 91.0 cm³/mol. The minimum absolute atomic E-state index is 0.0153. The zero-order valence-corrected chi connectivity index (χ0v) is 13.9. The van der Waals surface area contributed by atoms with Gasteiger partial charge in [0.25, 0.3) is 5.56 Å². The lowest BCUT2D eigenvalue weighted by molar-refractivity contribution is -0.121. The van der Waals surface area contributed by atoms with Crippen LogP contribution in [0, 0.1) is 18.3 Å². The number of hydrogen-bond acceptors (Lipinski definition) is 4. The van der Waals surface area contributed by atoms with E-state index < -0.39 is 23.7 Å². The fourth-order valence-corrected chi connectivity index (χ4v) is 2.65. The van der Waals surface area contributed by atoms with Gasteiger partial charge in [-0.15, -0.1) is 0 Å². The van der Waals surface area contributed by atoms with Crippen LogP contribution in [-0.4, -0.2) is 15.0 Å². The number of hydrogen-bond donors (Lipinski definition) is 1. The summed E-state index contributed by atoms with van der Waals surface area (Å²) in [6, 6.07) is 9.45. The van der Waals surface area contributed by atoms with Gasteiger partial charge < -0.3 is 5.32 Å². The second-order valence-electron chi connectivity index (χ2n) is 6.17. The third-order valence-corrected chi connectivity index (χ3v) is 4.30. The Morgan fingerprint density at radius 3 is 2.68 bits per heavy atom. The van der Waals surface area contributed by atoms with Gasteiger partial charge in [0.2, 0.25) is 5.91 Å². The maximum absolute atomic E-state index is 12.4. The zero-order chi connectivity index (χ0) is 18.0. The van der Waals surface area contributed by atoms with E-state index in [0.717, 1.165) is 28.5 Å². The van der Waals surface area contributed by atoms with Crippen molar-refractivity contribution in [1.29, 1.82) is 5.26 Å². The van der Waals surface area contributed by atoms with Gasteiger partial charge in [-0.1, -0.05) is 24.3 Å². The number of nitrogens with zero attached hydrogens (tertiary/aromatic N) is 3. The summed E-state index contributed by atoms with van der Waals surface area (Å²) in [5.74, 6) is -0.445. The Kier molecular flexibility index (Phi) is 4.52. The molecule has 0 aliphatic heterocycles. The van der Waals surface area contributed by atoms with Crippen LogP contribution in [0.15, 0.2) is 40.1 Å². The first-order valence-corrected chi connectivity index (χ1v) is 8.08. The van der Waals surface area contributed by atoms with Crippen LogP contribution < -0.4 is 16.6 Å². The van der Waals surface area contributed by atoms with Crippen LogP contribution in [0.1, 0.15) is 35.6 Å². The van der Waals surface area contributed by atoms with E-state index in [0.29, 0.717) is 6.54 Å². The van der Waals surface area contributed by atoms with Gasteiger partial charge in [0.1, 0.15) is 18.2 Å². The van der Waals surface area contributed by atoms with Crippen LogP contribution in [0.2, 0.25) is 0 Å². The smallest absolute Gasteiger partial charge is 0.331 e. The van der Waals surface area contributed by atoms with E-state index >= 15 is 0 Å². The van der Waals surface area contributed by atoms with Gasteiger partial charge in [-0.2, -0.15) is 5.26 Å². The highest BCUT2D eigenvalue weighted by atomic mass is 16.2. The molecule has 3 rings (SSSR count). The van der Waals surface area contributed by atoms with E-state index in [1.807, 2.05) is 31.2 Å². The van der Waals surface area contributed by atoms with Crippen molar-refractivity contribution in [2.45, 2.75) is 38.9 Å². The van der Waals surface area contributed by atoms with Crippen molar-refractivity contribution in [2.75, 3.05) is 0 Å². The average Bonchev–Trinajstić information content (AvgIpc) is 3.43. The summed E-state index contributed by atoms with van der Waals surface area (Å²) in [5, 5.41) is 11.8. The molecule has 2 aromatic rings. The van der Waals surface area contributed by atoms with Crippen molar-refractivity contribution in [3.8, 4) is 6.07 Å². The fourth-order valence-electron chi connectivity index (χ4n) is 2.65. The first kappa shape index (κ1) is 16.7. The van der Waals surface area contributed by atoms with Crippen molar-refractivity contribution in [3.05, 3.63) is 68.0 Å². The van der Waals surface area contributed by atoms with Gasteiger partial charge >= 0.3 is 5.69 Å². The minimum Gasteiger partial charge on any atom is -0.350 e. The Balaban J connectivity index is 1.80. The van der Waals surface area contributed by atoms with Crippen LogP contribution >= 0.6 is 0 Å². The van der Waals surface area contributed by atoms with Crippen LogP contribution in [0.3, 0.4) is 0 Å². The molecule has 0 spiro atoms. The Bertz CT molecular complexity index is 977. The van der Waals surface area contributed by atoms with E-state index in [4.69, 9.17) is 5.26 Å². The first-order valence-electron chi connectivity index (χ1n) is 8.08. The molecule has 0 radical (unpaired) electrons. The van der Waals surface area contributed by atoms with E-state index in [1.54, 1.807) is 6.07 Å². The molecule has 1 saturated carbocycles. The molecule has 0 saturated heterocycles. The highest BCUT2D eigenvalue weighted by molar-refractivity contribution is 5.75. The molecular weight excluding hydrogens is 320 g/mol. The second kappa shape index (κ2) is 6.77. The summed E-state index contributed by atoms with van der Waals surface area (Å²) in [7, 11) is 0. The average molecular weight is 338 g/mol. The topological polar surface area (TPSA) is 96.9 Å². The highest BCUT2D eigenvalue weighted by Gasteiger charge is 2.27. The maximum Gasteiger partial charge on any atom is 0.331 e. The lowest BCUT2D eigenvalue weighted by Gasteiger charge is -2.11. The van der Waals surface area contributed by atoms with Crippen molar-refractivity contribution in [3.63, 3.8) is 0 Å². The number of amides is 1. The summed E-state index contributed by atoms with van der Waals surface area (Å²) in [6.07, 6.45) is 2.97. The van der Waals surface area contributed by atoms with Crippen molar-refractivity contribution in [2.24, 2.45) is 0 Å². The molecule has 1 fully saturated rings. The molecule has 1 heterocycles. The number of nitriles is 1. The standard InChI is InChI=1S/C18H18N4O3/c1-12-4-2-3-5-13(12)9-20-16(23)11-22-17(24)14(8-19)10-21(18(22)25)15-6-7-15/h2-5,10,15H,6-7,9,11H2,1H3,(H,20,23). The predicted octanol–water partition coefficient (Wildman–Crippen LogP) is 0.841. The normalized spacial score (nSPS) is 13.3. The number of benzene rings is 1. The molecule has 7 nitrogen and oxygen atoms in total. The summed E-state index contributed by atoms with van der Waals surface area (Å²) in [4.78, 5) is 36.9. The Morgan fingerprint density at radius 1 is 1.32 bits per heavy atom. The summed E-state index contributed by atoms with van der Waals surface area (Å²) in [5.41, 5.74) is 0.609. The number of rotatable bonds is 5. The SMILES string of the molecule is Cc1ccccc1CNC(=O)Cn1c(=O)c(C#N)cn(C2CC2)c1=O. The van der Waals surface area contributed by atoms with Crippen molar-refractivity contribution in [1.82, 2.24) is 14.5 Å². The molecule has 1 amide bonds. The molecule has 1 aliphatic carbocycles. The second-order valence-corrected chi connectivity index (χ2v) is 6.17. The third-order valence-electron chi connectivity index (χ3n) is 4.30. The van der Waals surface area contributed by atoms with Crippen LogP contribution in [0.5, 0.6) is 0 Å². The molecule has 128 valence electrons. The molecular formula is C18H18N4O3. The maximum atomic E-state index is 12.4. The van der Waals surface area contributed by atoms with Crippen LogP contribution in [0.4, 0.5) is 0 Å². The number of carbonyl (C=O) groups is 1. The zero-order valence-electron chi connectivity index (χ0n) is 13.9. The monoisotopic (exact) mass is 338 g/mol. The molecule has 1 N–H and O–H groups in total. The number of carbonyl (C=O) groups excluding carboxylic acids is 1. The molecule has 0 unspecified atom stereocenters. The molecule has 1 aromatic heterocycles. The van der Waals surface area contributed by atoms with Crippen LogP contribution in [-0.2, 0) is 17.9 Å². The van der Waals surface area contributed by atoms with Crippen molar-refractivity contribution < 1.29 is 4.79 Å². The Morgan fingerprint density at radius 2 is 2.04 bits per heavy atom. The van der Waals surface area contributed by atoms with E-state index in [9.17, 15) is 14.4 Å². The Hall–Kier alpha value is -3.14. The van der Waals surface area contributed by atoms with Crippen LogP contribution in [0.25, 0.3) is 0 Å². The molecule has 1 aromatic carbocycles. The third kappa shape index (κ3) is 3.53. The number of nitrogens with one attached hydrogen (secondary N) is 1. The Labute approximate surface area is 144 Å². The lowest BCUT2D eigenvalue weighted by Crippen LogP contribution is -2.44. The van der Waals surface area contributed by atoms with E-state index in [2.05, 4.69) is 5.32 Å². The number of aryl methyl sites for hydroxylation is 1. The molecule has 1 aliphatic rings. The van der Waals surface area contributed by atoms with Gasteiger partial charge in [-0.25, -0.2) is 9.36 Å². The minimum atomic E-state index is -0.726. The first-order chi connectivity index (χ1) is 12.0. The van der Waals surface area contributed by atoms with Gasteiger partial charge in [0.15, 0.2) is 0 Å². The highest BCUT2D eigenvalue weighted by Crippen LogP contribution is 2.33. The van der Waals surface area contributed by atoms with Gasteiger partial charge in [0.05, 0.1) is 0 Å². The largest absolute Gasteiger partial charge is 0.350 e. The molecule has 25 heavy (non-hydrogen) atoms. The van der Waals surface area contributed by atoms with Crippen molar-refractivity contribution >= 4 is 5.91 Å². The van der Waals surface area contributed by atoms with Gasteiger partial charge in [-0.3, -0.25) is 14.2 Å². The molecule has 0 bridgehead atoms. The summed E-state index contributed by atoms with van der Waals surface area (Å²) in [6.45, 7) is 1.86. The van der Waals surface area contributed by atoms with E-state index in [-0.39, 0.29) is 11.6 Å². The lowest BCUT2D eigenvalue weighted by atomic mass is 10.1. The molecule has 0 atom stereocenters. The fraction of sp³-hybridized carbons (Fsp3) is 0.333. The summed E-state index contributed by atoms with van der Waals surface area (Å²) >= 11 is 0.